The van der Waals surface area contributed by atoms with Gasteiger partial charge in [0.15, 0.2) is 0 Å². The Hall–Kier alpha value is -0.600. The molecule has 0 spiro atoms. The van der Waals surface area contributed by atoms with Crippen LogP contribution in [-0.2, 0) is 6.42 Å². The average molecular weight is 299 g/mol. The fourth-order valence-corrected chi connectivity index (χ4v) is 3.69. The van der Waals surface area contributed by atoms with Crippen LogP contribution in [-0.4, -0.2) is 11.2 Å². The third-order valence-corrected chi connectivity index (χ3v) is 5.03. The Kier molecular flexibility index (Phi) is 4.76. The van der Waals surface area contributed by atoms with E-state index in [0.29, 0.717) is 5.92 Å². The highest BCUT2D eigenvalue weighted by Crippen LogP contribution is 2.42. The summed E-state index contributed by atoms with van der Waals surface area (Å²) in [5, 5.41) is 10.5. The number of hydrogen-bond acceptors (Lipinski definition) is 1. The number of hydrogen-bond donors (Lipinski definition) is 1. The monoisotopic (exact) mass is 298 g/mol. The van der Waals surface area contributed by atoms with Crippen LogP contribution in [0.5, 0.6) is 0 Å². The molecule has 1 saturated carbocycles. The van der Waals surface area contributed by atoms with E-state index in [-0.39, 0.29) is 28.3 Å². The molecule has 0 heterocycles. The Morgan fingerprint density at radius 2 is 2.05 bits per heavy atom. The average Bonchev–Trinajstić information content (AvgIpc) is 2.33. The summed E-state index contributed by atoms with van der Waals surface area (Å²) in [6.07, 6.45) is 3.61. The van der Waals surface area contributed by atoms with Crippen LogP contribution in [0, 0.1) is 23.1 Å². The molecule has 1 N–H and O–H groups in total. The molecule has 3 heteroatoms. The Morgan fingerprint density at radius 3 is 2.65 bits per heavy atom. The highest BCUT2D eigenvalue weighted by atomic mass is 35.5. The summed E-state index contributed by atoms with van der Waals surface area (Å²) in [6.45, 7) is 6.54. The summed E-state index contributed by atoms with van der Waals surface area (Å²) in [6, 6.07) is 5.01. The molecule has 1 aliphatic carbocycles. The van der Waals surface area contributed by atoms with E-state index in [1.165, 1.54) is 12.5 Å². The molecule has 3 unspecified atom stereocenters. The van der Waals surface area contributed by atoms with E-state index in [0.717, 1.165) is 24.8 Å². The van der Waals surface area contributed by atoms with Crippen molar-refractivity contribution in [2.75, 3.05) is 0 Å². The van der Waals surface area contributed by atoms with Crippen molar-refractivity contribution >= 4 is 11.6 Å². The van der Waals surface area contributed by atoms with Crippen molar-refractivity contribution in [2.24, 2.45) is 17.3 Å². The molecular weight excluding hydrogens is 275 g/mol. The number of rotatable bonds is 3. The molecule has 0 bridgehead atoms. The second-order valence-corrected chi connectivity index (χ2v) is 7.41. The first-order chi connectivity index (χ1) is 9.29. The molecule has 1 fully saturated rings. The largest absolute Gasteiger partial charge is 0.393 e. The van der Waals surface area contributed by atoms with E-state index in [2.05, 4.69) is 20.8 Å². The van der Waals surface area contributed by atoms with E-state index in [4.69, 9.17) is 11.6 Å². The normalized spacial score (nSPS) is 27.6. The van der Waals surface area contributed by atoms with Gasteiger partial charge in [-0.2, -0.15) is 0 Å². The predicted octanol–water partition coefficient (Wildman–Crippen LogP) is 4.84. The van der Waals surface area contributed by atoms with Gasteiger partial charge in [-0.15, -0.1) is 0 Å². The highest BCUT2D eigenvalue weighted by Gasteiger charge is 2.38. The van der Waals surface area contributed by atoms with Crippen LogP contribution in [0.25, 0.3) is 0 Å². The van der Waals surface area contributed by atoms with Gasteiger partial charge in [0.1, 0.15) is 5.82 Å². The van der Waals surface area contributed by atoms with Crippen LogP contribution >= 0.6 is 11.6 Å². The third kappa shape index (κ3) is 3.53. The summed E-state index contributed by atoms with van der Waals surface area (Å²) < 4.78 is 13.5. The van der Waals surface area contributed by atoms with E-state index < -0.39 is 0 Å². The van der Waals surface area contributed by atoms with Gasteiger partial charge in [-0.3, -0.25) is 0 Å². The Bertz CT molecular complexity index is 472. The molecule has 0 radical (unpaired) electrons. The number of benzene rings is 1. The van der Waals surface area contributed by atoms with Gasteiger partial charge in [-0.1, -0.05) is 44.9 Å². The number of aliphatic hydroxyl groups excluding tert-OH is 1. The molecule has 0 aromatic heterocycles. The molecule has 0 amide bonds. The predicted molar refractivity (Wildman–Crippen MR) is 81.4 cm³/mol. The fraction of sp³-hybridized carbons (Fsp3) is 0.647. The van der Waals surface area contributed by atoms with Crippen molar-refractivity contribution in [2.45, 2.75) is 52.6 Å². The lowest BCUT2D eigenvalue weighted by atomic mass is 9.65. The summed E-state index contributed by atoms with van der Waals surface area (Å²) in [5.74, 6) is 0.514. The van der Waals surface area contributed by atoms with Crippen molar-refractivity contribution < 1.29 is 9.50 Å². The van der Waals surface area contributed by atoms with E-state index >= 15 is 0 Å². The Labute approximate surface area is 126 Å². The summed E-state index contributed by atoms with van der Waals surface area (Å²) in [5.41, 5.74) is 0.905. The molecule has 1 nitrogen and oxygen atoms in total. The van der Waals surface area contributed by atoms with Gasteiger partial charge < -0.3 is 5.11 Å². The minimum atomic E-state index is -0.363. The maximum atomic E-state index is 13.5. The van der Waals surface area contributed by atoms with E-state index in [1.807, 2.05) is 6.07 Å². The first kappa shape index (κ1) is 15.8. The van der Waals surface area contributed by atoms with Crippen LogP contribution in [0.4, 0.5) is 4.39 Å². The van der Waals surface area contributed by atoms with Crippen LogP contribution in [0.2, 0.25) is 5.02 Å². The SMILES string of the molecule is CC1CCC(C(C)(C)Cc2ccc(Cl)c(F)c2)C(O)C1. The summed E-state index contributed by atoms with van der Waals surface area (Å²) >= 11 is 5.72. The molecule has 1 aromatic carbocycles. The zero-order valence-electron chi connectivity index (χ0n) is 12.5. The Morgan fingerprint density at radius 1 is 1.35 bits per heavy atom. The smallest absolute Gasteiger partial charge is 0.142 e. The second-order valence-electron chi connectivity index (χ2n) is 7.01. The van der Waals surface area contributed by atoms with Gasteiger partial charge in [-0.05, 0) is 54.2 Å². The quantitative estimate of drug-likeness (QED) is 0.846. The fourth-order valence-electron chi connectivity index (χ4n) is 3.57. The van der Waals surface area contributed by atoms with Crippen LogP contribution in [0.3, 0.4) is 0 Å². The molecule has 112 valence electrons. The van der Waals surface area contributed by atoms with Crippen molar-refractivity contribution in [1.82, 2.24) is 0 Å². The van der Waals surface area contributed by atoms with Gasteiger partial charge in [0.05, 0.1) is 11.1 Å². The molecule has 3 atom stereocenters. The van der Waals surface area contributed by atoms with Crippen LogP contribution in [0.15, 0.2) is 18.2 Å². The van der Waals surface area contributed by atoms with Crippen molar-refractivity contribution in [1.29, 1.82) is 0 Å². The minimum Gasteiger partial charge on any atom is -0.393 e. The van der Waals surface area contributed by atoms with Crippen LogP contribution in [0.1, 0.15) is 45.6 Å². The third-order valence-electron chi connectivity index (χ3n) is 4.73. The molecule has 0 saturated heterocycles. The van der Waals surface area contributed by atoms with Crippen molar-refractivity contribution in [3.8, 4) is 0 Å². The molecule has 0 aliphatic heterocycles. The van der Waals surface area contributed by atoms with Gasteiger partial charge in [0.25, 0.3) is 0 Å². The van der Waals surface area contributed by atoms with Gasteiger partial charge >= 0.3 is 0 Å². The van der Waals surface area contributed by atoms with Crippen molar-refractivity contribution in [3.63, 3.8) is 0 Å². The van der Waals surface area contributed by atoms with Gasteiger partial charge in [0, 0.05) is 0 Å². The molecule has 20 heavy (non-hydrogen) atoms. The standard InChI is InChI=1S/C17H24ClFO/c1-11-4-6-13(16(20)8-11)17(2,3)10-12-5-7-14(18)15(19)9-12/h5,7,9,11,13,16,20H,4,6,8,10H2,1-3H3. The lowest BCUT2D eigenvalue weighted by molar-refractivity contribution is -0.0125. The first-order valence-electron chi connectivity index (χ1n) is 7.41. The maximum absolute atomic E-state index is 13.5. The zero-order valence-corrected chi connectivity index (χ0v) is 13.3. The summed E-state index contributed by atoms with van der Waals surface area (Å²) in [7, 11) is 0. The van der Waals surface area contributed by atoms with E-state index in [9.17, 15) is 9.50 Å². The molecule has 2 rings (SSSR count). The first-order valence-corrected chi connectivity index (χ1v) is 7.79. The molecular formula is C17H24ClFO. The molecule has 1 aliphatic rings. The minimum absolute atomic E-state index is 0.0418. The van der Waals surface area contributed by atoms with Gasteiger partial charge in [0.2, 0.25) is 0 Å². The summed E-state index contributed by atoms with van der Waals surface area (Å²) in [4.78, 5) is 0. The topological polar surface area (TPSA) is 20.2 Å². The second kappa shape index (κ2) is 6.03. The lowest BCUT2D eigenvalue weighted by Gasteiger charge is -2.42. The zero-order chi connectivity index (χ0) is 14.9. The number of aliphatic hydroxyl groups is 1. The highest BCUT2D eigenvalue weighted by molar-refractivity contribution is 6.30. The lowest BCUT2D eigenvalue weighted by Crippen LogP contribution is -2.39. The van der Waals surface area contributed by atoms with Crippen LogP contribution < -0.4 is 0 Å². The maximum Gasteiger partial charge on any atom is 0.142 e. The van der Waals surface area contributed by atoms with Crippen molar-refractivity contribution in [3.05, 3.63) is 34.6 Å². The molecule has 1 aromatic rings. The number of halogens is 2. The Balaban J connectivity index is 2.11. The van der Waals surface area contributed by atoms with Gasteiger partial charge in [-0.25, -0.2) is 4.39 Å². The van der Waals surface area contributed by atoms with E-state index in [1.54, 1.807) is 6.07 Å².